The van der Waals surface area contributed by atoms with Gasteiger partial charge < -0.3 is 19.3 Å². The van der Waals surface area contributed by atoms with Crippen molar-refractivity contribution in [2.45, 2.75) is 56.7 Å². The molecule has 0 fully saturated rings. The van der Waals surface area contributed by atoms with E-state index >= 15 is 0 Å². The third kappa shape index (κ3) is 5.33. The molecule has 3 heterocycles. The van der Waals surface area contributed by atoms with E-state index in [1.54, 1.807) is 29.6 Å². The number of likely N-dealkylation sites (N-methyl/N-ethyl adjacent to an activating group) is 1. The molecule has 0 saturated carbocycles. The van der Waals surface area contributed by atoms with Gasteiger partial charge in [0, 0.05) is 39.0 Å². The Labute approximate surface area is 212 Å². The molecule has 2 aliphatic rings. The predicted molar refractivity (Wildman–Crippen MR) is 135 cm³/mol. The van der Waals surface area contributed by atoms with Crippen molar-refractivity contribution in [2.24, 2.45) is 13.0 Å². The van der Waals surface area contributed by atoms with E-state index < -0.39 is 22.2 Å². The number of nitrogens with zero attached hydrogens (tertiary/aromatic N) is 5. The quantitative estimate of drug-likeness (QED) is 0.599. The second kappa shape index (κ2) is 10.7. The molecule has 196 valence electrons. The minimum absolute atomic E-state index is 0.0411. The first-order valence-corrected chi connectivity index (χ1v) is 13.8. The van der Waals surface area contributed by atoms with Gasteiger partial charge in [0.2, 0.25) is 5.88 Å². The average Bonchev–Trinajstić information content (AvgIpc) is 3.33. The fourth-order valence-corrected chi connectivity index (χ4v) is 5.77. The largest absolute Gasteiger partial charge is 0.472 e. The number of aromatic nitrogens is 3. The summed E-state index contributed by atoms with van der Waals surface area (Å²) in [7, 11) is -0.633. The average molecular weight is 518 g/mol. The molecular formula is C25H35N5O5S. The van der Waals surface area contributed by atoms with Crippen LogP contribution >= 0.6 is 0 Å². The number of carbonyl (C=O) groups excluding carboxylic acids is 1. The van der Waals surface area contributed by atoms with Gasteiger partial charge in [0.1, 0.15) is 11.7 Å². The number of hydrogen-bond donors (Lipinski definition) is 1. The first-order chi connectivity index (χ1) is 17.1. The van der Waals surface area contributed by atoms with Crippen molar-refractivity contribution in [3.05, 3.63) is 42.0 Å². The molecule has 11 heteroatoms. The van der Waals surface area contributed by atoms with Crippen molar-refractivity contribution in [1.82, 2.24) is 23.7 Å². The number of aryl methyl sites for hydroxylation is 1. The van der Waals surface area contributed by atoms with Crippen LogP contribution in [0, 0.1) is 5.92 Å². The van der Waals surface area contributed by atoms with E-state index in [-0.39, 0.29) is 35.9 Å². The van der Waals surface area contributed by atoms with Crippen LogP contribution in [0.2, 0.25) is 0 Å². The molecule has 0 saturated heterocycles. The van der Waals surface area contributed by atoms with Gasteiger partial charge in [-0.2, -0.15) is 4.31 Å². The highest BCUT2D eigenvalue weighted by atomic mass is 32.2. The molecule has 1 aliphatic carbocycles. The Bertz CT molecular complexity index is 1240. The number of hydrogen-bond acceptors (Lipinski definition) is 7. The molecule has 36 heavy (non-hydrogen) atoms. The van der Waals surface area contributed by atoms with Crippen molar-refractivity contribution in [3.8, 4) is 5.88 Å². The van der Waals surface area contributed by atoms with Gasteiger partial charge in [-0.05, 0) is 49.8 Å². The van der Waals surface area contributed by atoms with Crippen molar-refractivity contribution in [3.63, 3.8) is 0 Å². The number of aliphatic hydroxyl groups is 1. The van der Waals surface area contributed by atoms with Gasteiger partial charge in [0.05, 0.1) is 25.5 Å². The number of rotatable bonds is 7. The first kappa shape index (κ1) is 26.3. The number of aliphatic hydroxyl groups excluding tert-OH is 1. The van der Waals surface area contributed by atoms with Crippen LogP contribution in [0.4, 0.5) is 0 Å². The number of fused-ring (bicyclic) bond motifs is 1. The zero-order valence-electron chi connectivity index (χ0n) is 21.3. The first-order valence-electron chi connectivity index (χ1n) is 12.3. The Balaban J connectivity index is 1.68. The SMILES string of the molecule is C[C@H]1CN([C@@H](C)CO)C(=O)c2cc(C3=CCCCC3)cnc2O[C@@H]1CN(C)S(=O)(=O)c1cn(C)cn1. The lowest BCUT2D eigenvalue weighted by Crippen LogP contribution is -2.50. The molecular weight excluding hydrogens is 482 g/mol. The van der Waals surface area contributed by atoms with E-state index in [0.717, 1.165) is 31.2 Å². The van der Waals surface area contributed by atoms with E-state index in [1.807, 2.05) is 13.0 Å². The summed E-state index contributed by atoms with van der Waals surface area (Å²) in [5, 5.41) is 9.82. The summed E-state index contributed by atoms with van der Waals surface area (Å²) in [5.41, 5.74) is 2.38. The van der Waals surface area contributed by atoms with E-state index in [2.05, 4.69) is 16.0 Å². The predicted octanol–water partition coefficient (Wildman–Crippen LogP) is 2.31. The van der Waals surface area contributed by atoms with Gasteiger partial charge in [0.15, 0.2) is 5.03 Å². The van der Waals surface area contributed by atoms with Gasteiger partial charge in [-0.25, -0.2) is 18.4 Å². The number of imidazole rings is 1. The molecule has 0 radical (unpaired) electrons. The van der Waals surface area contributed by atoms with Gasteiger partial charge in [-0.3, -0.25) is 4.79 Å². The zero-order chi connectivity index (χ0) is 26.0. The topological polar surface area (TPSA) is 118 Å². The molecule has 0 aromatic carbocycles. The molecule has 10 nitrogen and oxygen atoms in total. The molecule has 1 aliphatic heterocycles. The van der Waals surface area contributed by atoms with Gasteiger partial charge >= 0.3 is 0 Å². The minimum atomic E-state index is -3.83. The number of sulfonamides is 1. The molecule has 0 spiro atoms. The third-order valence-corrected chi connectivity index (χ3v) is 8.68. The van der Waals surface area contributed by atoms with E-state index in [9.17, 15) is 18.3 Å². The highest BCUT2D eigenvalue weighted by Crippen LogP contribution is 2.32. The van der Waals surface area contributed by atoms with Crippen LogP contribution in [0.1, 0.15) is 55.5 Å². The van der Waals surface area contributed by atoms with Crippen molar-refractivity contribution < 1.29 is 23.1 Å². The maximum Gasteiger partial charge on any atom is 0.261 e. The Kier molecular flexibility index (Phi) is 7.82. The van der Waals surface area contributed by atoms with Crippen LogP contribution < -0.4 is 4.74 Å². The van der Waals surface area contributed by atoms with Crippen LogP contribution in [-0.4, -0.2) is 82.1 Å². The summed E-state index contributed by atoms with van der Waals surface area (Å²) < 4.78 is 35.2. The molecule has 0 unspecified atom stereocenters. The summed E-state index contributed by atoms with van der Waals surface area (Å²) in [4.78, 5) is 23.8. The minimum Gasteiger partial charge on any atom is -0.472 e. The Morgan fingerprint density at radius 1 is 1.31 bits per heavy atom. The van der Waals surface area contributed by atoms with Crippen LogP contribution in [0.25, 0.3) is 5.57 Å². The molecule has 2 aromatic rings. The molecule has 1 N–H and O–H groups in total. The summed E-state index contributed by atoms with van der Waals surface area (Å²) >= 11 is 0. The standard InChI is InChI=1S/C25H35N5O5S/c1-17-12-30(18(2)15-31)25(32)21-10-20(19-8-6-5-7-9-19)11-26-24(21)35-22(17)13-29(4)36(33,34)23-14-28(3)16-27-23/h8,10-11,14,16-18,22,31H,5-7,9,12-13,15H2,1-4H3/t17-,18-,22+/m0/s1. The number of amides is 1. The third-order valence-electron chi connectivity index (χ3n) is 6.98. The molecule has 2 aromatic heterocycles. The highest BCUT2D eigenvalue weighted by molar-refractivity contribution is 7.89. The van der Waals surface area contributed by atoms with Crippen molar-refractivity contribution in [2.75, 3.05) is 26.7 Å². The second-order valence-corrected chi connectivity index (χ2v) is 11.8. The number of pyridine rings is 1. The fourth-order valence-electron chi connectivity index (χ4n) is 4.63. The van der Waals surface area contributed by atoms with E-state index in [1.165, 1.54) is 29.5 Å². The maximum absolute atomic E-state index is 13.6. The van der Waals surface area contributed by atoms with Gasteiger partial charge in [-0.1, -0.05) is 13.0 Å². The summed E-state index contributed by atoms with van der Waals surface area (Å²) in [6.45, 7) is 3.85. The van der Waals surface area contributed by atoms with E-state index in [0.29, 0.717) is 12.1 Å². The number of ether oxygens (including phenoxy) is 1. The Morgan fingerprint density at radius 3 is 2.72 bits per heavy atom. The molecule has 3 atom stereocenters. The summed E-state index contributed by atoms with van der Waals surface area (Å²) in [6.07, 6.45) is 10.4. The highest BCUT2D eigenvalue weighted by Gasteiger charge is 2.36. The molecule has 1 amide bonds. The molecule has 0 bridgehead atoms. The lowest BCUT2D eigenvalue weighted by Gasteiger charge is -2.37. The van der Waals surface area contributed by atoms with Crippen LogP contribution in [0.3, 0.4) is 0 Å². The Hall–Kier alpha value is -2.76. The lowest BCUT2D eigenvalue weighted by atomic mass is 9.93. The van der Waals surface area contributed by atoms with Crippen molar-refractivity contribution >= 4 is 21.5 Å². The summed E-state index contributed by atoms with van der Waals surface area (Å²) in [5.74, 6) is -0.312. The van der Waals surface area contributed by atoms with Gasteiger partial charge in [-0.15, -0.1) is 0 Å². The summed E-state index contributed by atoms with van der Waals surface area (Å²) in [6, 6.07) is 1.40. The maximum atomic E-state index is 13.6. The van der Waals surface area contributed by atoms with Crippen LogP contribution in [0.5, 0.6) is 5.88 Å². The van der Waals surface area contributed by atoms with Crippen molar-refractivity contribution in [1.29, 1.82) is 0 Å². The van der Waals surface area contributed by atoms with E-state index in [4.69, 9.17) is 4.74 Å². The normalized spacial score (nSPS) is 21.9. The second-order valence-electron chi connectivity index (χ2n) is 9.84. The zero-order valence-corrected chi connectivity index (χ0v) is 22.1. The number of carbonyl (C=O) groups is 1. The Morgan fingerprint density at radius 2 is 2.08 bits per heavy atom. The molecule has 4 rings (SSSR count). The fraction of sp³-hybridized carbons (Fsp3) is 0.560. The monoisotopic (exact) mass is 517 g/mol. The smallest absolute Gasteiger partial charge is 0.261 e. The lowest BCUT2D eigenvalue weighted by molar-refractivity contribution is 0.0373. The van der Waals surface area contributed by atoms with Gasteiger partial charge in [0.25, 0.3) is 15.9 Å². The van der Waals surface area contributed by atoms with Crippen LogP contribution in [-0.2, 0) is 17.1 Å². The van der Waals surface area contributed by atoms with Crippen LogP contribution in [0.15, 0.2) is 35.9 Å². The number of allylic oxidation sites excluding steroid dienone is 2.